The molecule has 3 aromatic rings. The van der Waals surface area contributed by atoms with Crippen molar-refractivity contribution < 1.29 is 27.4 Å². The molecule has 3 rings (SSSR count). The van der Waals surface area contributed by atoms with Crippen LogP contribution in [0.15, 0.2) is 60.7 Å². The molecular formula is C24H24Cl2N2O6S. The quantitative estimate of drug-likeness (QED) is 0.390. The number of carbonyl (C=O) groups is 1. The summed E-state index contributed by atoms with van der Waals surface area (Å²) in [5.74, 6) is 0.698. The highest BCUT2D eigenvalue weighted by Crippen LogP contribution is 2.36. The predicted octanol–water partition coefficient (Wildman–Crippen LogP) is 4.99. The van der Waals surface area contributed by atoms with Gasteiger partial charge in [0.1, 0.15) is 17.2 Å². The second-order valence-corrected chi connectivity index (χ2v) is 10.1. The first kappa shape index (κ1) is 26.5. The van der Waals surface area contributed by atoms with E-state index >= 15 is 0 Å². The molecule has 3 aromatic carbocycles. The molecule has 0 unspecified atom stereocenters. The molecule has 11 heteroatoms. The molecule has 0 bridgehead atoms. The minimum Gasteiger partial charge on any atom is -0.495 e. The van der Waals surface area contributed by atoms with E-state index in [2.05, 4.69) is 5.32 Å². The number of rotatable bonds is 10. The predicted molar refractivity (Wildman–Crippen MR) is 138 cm³/mol. The second kappa shape index (κ2) is 11.5. The van der Waals surface area contributed by atoms with Crippen LogP contribution in [0.25, 0.3) is 0 Å². The van der Waals surface area contributed by atoms with Crippen LogP contribution in [0.5, 0.6) is 17.2 Å². The van der Waals surface area contributed by atoms with Crippen molar-refractivity contribution in [3.05, 3.63) is 76.3 Å². The fourth-order valence-corrected chi connectivity index (χ4v) is 4.49. The normalized spacial score (nSPS) is 11.0. The van der Waals surface area contributed by atoms with Gasteiger partial charge in [-0.2, -0.15) is 0 Å². The van der Waals surface area contributed by atoms with Gasteiger partial charge in [-0.05, 0) is 35.9 Å². The van der Waals surface area contributed by atoms with Crippen LogP contribution in [0, 0.1) is 0 Å². The molecule has 186 valence electrons. The summed E-state index contributed by atoms with van der Waals surface area (Å²) in [5, 5.41) is 3.51. The number of sulfonamides is 1. The SMILES string of the molecule is COc1cc(NC(=O)COc2ccc(N(Cc3ccccc3Cl)S(C)(=O)=O)cc2)c(OC)cc1Cl. The zero-order chi connectivity index (χ0) is 25.6. The minimum atomic E-state index is -3.58. The van der Waals surface area contributed by atoms with Gasteiger partial charge in [0.25, 0.3) is 5.91 Å². The average molecular weight is 539 g/mol. The Morgan fingerprint density at radius 2 is 1.60 bits per heavy atom. The smallest absolute Gasteiger partial charge is 0.262 e. The summed E-state index contributed by atoms with van der Waals surface area (Å²) in [7, 11) is -0.664. The summed E-state index contributed by atoms with van der Waals surface area (Å²) in [6.45, 7) is -0.212. The number of ether oxygens (including phenoxy) is 3. The van der Waals surface area contributed by atoms with Crippen LogP contribution in [0.3, 0.4) is 0 Å². The molecule has 1 amide bonds. The molecule has 35 heavy (non-hydrogen) atoms. The molecule has 0 aliphatic carbocycles. The number of carbonyl (C=O) groups excluding carboxylic acids is 1. The first-order chi connectivity index (χ1) is 16.6. The molecule has 1 N–H and O–H groups in total. The van der Waals surface area contributed by atoms with E-state index in [0.717, 1.165) is 6.26 Å². The Balaban J connectivity index is 1.68. The van der Waals surface area contributed by atoms with Crippen molar-refractivity contribution in [2.45, 2.75) is 6.54 Å². The van der Waals surface area contributed by atoms with Crippen LogP contribution in [0.1, 0.15) is 5.56 Å². The Hall–Kier alpha value is -3.14. The lowest BCUT2D eigenvalue weighted by Crippen LogP contribution is -2.29. The third-order valence-corrected chi connectivity index (χ3v) is 6.72. The van der Waals surface area contributed by atoms with Crippen molar-refractivity contribution in [1.29, 1.82) is 0 Å². The summed E-state index contributed by atoms with van der Waals surface area (Å²) < 4.78 is 42.0. The number of nitrogens with zero attached hydrogens (tertiary/aromatic N) is 1. The number of methoxy groups -OCH3 is 2. The van der Waals surface area contributed by atoms with Gasteiger partial charge in [0.05, 0.1) is 43.4 Å². The van der Waals surface area contributed by atoms with Gasteiger partial charge in [-0.15, -0.1) is 0 Å². The van der Waals surface area contributed by atoms with Crippen molar-refractivity contribution in [1.82, 2.24) is 0 Å². The van der Waals surface area contributed by atoms with E-state index in [1.807, 2.05) is 0 Å². The number of amides is 1. The van der Waals surface area contributed by atoms with Crippen LogP contribution in [-0.4, -0.2) is 41.4 Å². The second-order valence-electron chi connectivity index (χ2n) is 7.38. The highest BCUT2D eigenvalue weighted by atomic mass is 35.5. The van der Waals surface area contributed by atoms with E-state index in [9.17, 15) is 13.2 Å². The molecule has 0 aliphatic heterocycles. The van der Waals surface area contributed by atoms with Gasteiger partial charge in [0.2, 0.25) is 10.0 Å². The van der Waals surface area contributed by atoms with Gasteiger partial charge in [-0.25, -0.2) is 8.42 Å². The van der Waals surface area contributed by atoms with Gasteiger partial charge >= 0.3 is 0 Å². The van der Waals surface area contributed by atoms with E-state index < -0.39 is 15.9 Å². The van der Waals surface area contributed by atoms with E-state index in [4.69, 9.17) is 37.4 Å². The van der Waals surface area contributed by atoms with E-state index in [1.54, 1.807) is 54.6 Å². The van der Waals surface area contributed by atoms with Crippen LogP contribution in [0.4, 0.5) is 11.4 Å². The molecule has 0 spiro atoms. The van der Waals surface area contributed by atoms with Crippen molar-refractivity contribution in [3.63, 3.8) is 0 Å². The summed E-state index contributed by atoms with van der Waals surface area (Å²) in [5.41, 5.74) is 1.48. The van der Waals surface area contributed by atoms with Gasteiger partial charge in [-0.3, -0.25) is 9.10 Å². The van der Waals surface area contributed by atoms with Crippen molar-refractivity contribution in [2.24, 2.45) is 0 Å². The van der Waals surface area contributed by atoms with E-state index in [1.165, 1.54) is 24.6 Å². The number of anilines is 2. The third kappa shape index (κ3) is 6.94. The van der Waals surface area contributed by atoms with Crippen molar-refractivity contribution in [3.8, 4) is 17.2 Å². The molecule has 0 aromatic heterocycles. The van der Waals surface area contributed by atoms with Crippen LogP contribution >= 0.6 is 23.2 Å². The highest BCUT2D eigenvalue weighted by Gasteiger charge is 2.19. The molecule has 0 fully saturated rings. The lowest BCUT2D eigenvalue weighted by Gasteiger charge is -2.23. The third-order valence-electron chi connectivity index (χ3n) is 4.91. The standard InChI is InChI=1S/C24H24Cl2N2O6S/c1-32-22-13-21(23(33-2)12-20(22)26)27-24(29)15-34-18-10-8-17(9-11-18)28(35(3,30)31)14-16-6-4-5-7-19(16)25/h4-13H,14-15H2,1-3H3,(H,27,29). The topological polar surface area (TPSA) is 94.2 Å². The zero-order valence-electron chi connectivity index (χ0n) is 19.2. The fraction of sp³-hybridized carbons (Fsp3) is 0.208. The van der Waals surface area contributed by atoms with Crippen molar-refractivity contribution in [2.75, 3.05) is 36.7 Å². The number of benzene rings is 3. The Bertz CT molecular complexity index is 1300. The Morgan fingerprint density at radius 3 is 2.20 bits per heavy atom. The molecular weight excluding hydrogens is 515 g/mol. The highest BCUT2D eigenvalue weighted by molar-refractivity contribution is 7.92. The Kier molecular flexibility index (Phi) is 8.71. The molecule has 0 atom stereocenters. The van der Waals surface area contributed by atoms with E-state index in [0.29, 0.717) is 44.2 Å². The molecule has 0 radical (unpaired) electrons. The van der Waals surface area contributed by atoms with Gasteiger partial charge in [0.15, 0.2) is 6.61 Å². The number of hydrogen-bond acceptors (Lipinski definition) is 6. The lowest BCUT2D eigenvalue weighted by atomic mass is 10.2. The Labute approximate surface area is 214 Å². The molecule has 0 aliphatic rings. The van der Waals surface area contributed by atoms with Crippen molar-refractivity contribution >= 4 is 50.5 Å². The summed E-state index contributed by atoms with van der Waals surface area (Å²) in [6.07, 6.45) is 1.12. The van der Waals surface area contributed by atoms with Gasteiger partial charge in [0, 0.05) is 17.2 Å². The first-order valence-electron chi connectivity index (χ1n) is 10.3. The summed E-state index contributed by atoms with van der Waals surface area (Å²) >= 11 is 12.3. The molecule has 0 saturated carbocycles. The van der Waals surface area contributed by atoms with Gasteiger partial charge < -0.3 is 19.5 Å². The molecule has 8 nitrogen and oxygen atoms in total. The number of nitrogens with one attached hydrogen (secondary N) is 1. The molecule has 0 heterocycles. The van der Waals surface area contributed by atoms with Crippen LogP contribution < -0.4 is 23.8 Å². The summed E-state index contributed by atoms with van der Waals surface area (Å²) in [4.78, 5) is 12.4. The lowest BCUT2D eigenvalue weighted by molar-refractivity contribution is -0.118. The van der Waals surface area contributed by atoms with Crippen LogP contribution in [-0.2, 0) is 21.4 Å². The largest absolute Gasteiger partial charge is 0.495 e. The van der Waals surface area contributed by atoms with E-state index in [-0.39, 0.29) is 13.2 Å². The maximum Gasteiger partial charge on any atom is 0.262 e. The Morgan fingerprint density at radius 1 is 0.943 bits per heavy atom. The molecule has 0 saturated heterocycles. The maximum absolute atomic E-state index is 12.4. The monoisotopic (exact) mass is 538 g/mol. The number of hydrogen-bond donors (Lipinski definition) is 1. The first-order valence-corrected chi connectivity index (χ1v) is 12.9. The van der Waals surface area contributed by atoms with Crippen LogP contribution in [0.2, 0.25) is 10.0 Å². The maximum atomic E-state index is 12.4. The van der Waals surface area contributed by atoms with Gasteiger partial charge in [-0.1, -0.05) is 41.4 Å². The summed E-state index contributed by atoms with van der Waals surface area (Å²) in [6, 6.07) is 16.5. The average Bonchev–Trinajstić information content (AvgIpc) is 2.82. The zero-order valence-corrected chi connectivity index (χ0v) is 21.6. The number of halogens is 2. The fourth-order valence-electron chi connectivity index (χ4n) is 3.18. The minimum absolute atomic E-state index is 0.0769.